The molecule has 2 aromatic rings. The molecule has 0 saturated carbocycles. The molecule has 0 radical (unpaired) electrons. The van der Waals surface area contributed by atoms with Gasteiger partial charge in [0, 0.05) is 6.54 Å². The summed E-state index contributed by atoms with van der Waals surface area (Å²) >= 11 is 0. The van der Waals surface area contributed by atoms with Crippen LogP contribution in [-0.4, -0.2) is 13.2 Å². The second kappa shape index (κ2) is 6.91. The molecule has 3 N–H and O–H groups in total. The van der Waals surface area contributed by atoms with E-state index in [1.807, 2.05) is 31.2 Å². The average molecular weight is 274 g/mol. The van der Waals surface area contributed by atoms with E-state index in [0.717, 1.165) is 11.3 Å². The number of halogens is 1. The third-order valence-corrected chi connectivity index (χ3v) is 3.03. The van der Waals surface area contributed by atoms with Crippen molar-refractivity contribution in [2.75, 3.05) is 18.5 Å². The summed E-state index contributed by atoms with van der Waals surface area (Å²) in [5.41, 5.74) is 7.24. The van der Waals surface area contributed by atoms with Crippen LogP contribution in [0.25, 0.3) is 0 Å². The minimum Gasteiger partial charge on any atom is -0.494 e. The number of nitrogens with one attached hydrogen (secondary N) is 1. The van der Waals surface area contributed by atoms with Crippen LogP contribution in [0, 0.1) is 5.82 Å². The Balaban J connectivity index is 2.13. The summed E-state index contributed by atoms with van der Waals surface area (Å²) in [5, 5.41) is 3.12. The highest BCUT2D eigenvalue weighted by Crippen LogP contribution is 2.23. The van der Waals surface area contributed by atoms with Crippen LogP contribution in [0.2, 0.25) is 0 Å². The molecule has 0 aliphatic rings. The van der Waals surface area contributed by atoms with Gasteiger partial charge in [-0.1, -0.05) is 24.3 Å². The molecule has 106 valence electrons. The van der Waals surface area contributed by atoms with Crippen molar-refractivity contribution in [2.24, 2.45) is 5.73 Å². The van der Waals surface area contributed by atoms with Gasteiger partial charge in [0.1, 0.15) is 11.6 Å². The normalized spacial score (nSPS) is 11.9. The Bertz CT molecular complexity index is 542. The molecule has 0 amide bonds. The fraction of sp³-hybridized carbons (Fsp3) is 0.250. The van der Waals surface area contributed by atoms with E-state index in [1.165, 1.54) is 6.07 Å². The number of benzene rings is 2. The van der Waals surface area contributed by atoms with Gasteiger partial charge in [-0.05, 0) is 36.8 Å². The first-order valence-electron chi connectivity index (χ1n) is 6.68. The standard InChI is InChI=1S/C16H19FN2O/c1-2-20-13-9-7-12(8-10-13)16(11-18)19-15-6-4-3-5-14(15)17/h3-10,16,19H,2,11,18H2,1H3. The zero-order valence-corrected chi connectivity index (χ0v) is 11.5. The van der Waals surface area contributed by atoms with Crippen molar-refractivity contribution in [2.45, 2.75) is 13.0 Å². The van der Waals surface area contributed by atoms with Crippen LogP contribution in [0.1, 0.15) is 18.5 Å². The minimum atomic E-state index is -0.281. The van der Waals surface area contributed by atoms with E-state index in [2.05, 4.69) is 5.32 Å². The molecular weight excluding hydrogens is 255 g/mol. The lowest BCUT2D eigenvalue weighted by Gasteiger charge is -2.19. The highest BCUT2D eigenvalue weighted by molar-refractivity contribution is 5.47. The molecule has 1 atom stereocenters. The third kappa shape index (κ3) is 3.48. The van der Waals surface area contributed by atoms with E-state index in [4.69, 9.17) is 10.5 Å². The van der Waals surface area contributed by atoms with Gasteiger partial charge >= 0.3 is 0 Å². The van der Waals surface area contributed by atoms with Gasteiger partial charge < -0.3 is 15.8 Å². The van der Waals surface area contributed by atoms with Crippen LogP contribution in [0.4, 0.5) is 10.1 Å². The molecule has 0 aromatic heterocycles. The first-order valence-corrected chi connectivity index (χ1v) is 6.68. The highest BCUT2D eigenvalue weighted by Gasteiger charge is 2.11. The molecule has 0 fully saturated rings. The Hall–Kier alpha value is -2.07. The van der Waals surface area contributed by atoms with E-state index in [1.54, 1.807) is 18.2 Å². The van der Waals surface area contributed by atoms with E-state index in [9.17, 15) is 4.39 Å². The largest absolute Gasteiger partial charge is 0.494 e. The van der Waals surface area contributed by atoms with E-state index in [0.29, 0.717) is 18.8 Å². The smallest absolute Gasteiger partial charge is 0.146 e. The van der Waals surface area contributed by atoms with E-state index >= 15 is 0 Å². The molecule has 0 bridgehead atoms. The number of anilines is 1. The van der Waals surface area contributed by atoms with Gasteiger partial charge in [0.05, 0.1) is 18.3 Å². The number of ether oxygens (including phenoxy) is 1. The number of para-hydroxylation sites is 1. The Labute approximate surface area is 118 Å². The van der Waals surface area contributed by atoms with Crippen LogP contribution in [0.5, 0.6) is 5.75 Å². The molecule has 0 heterocycles. The Morgan fingerprint density at radius 2 is 1.85 bits per heavy atom. The van der Waals surface area contributed by atoms with Gasteiger partial charge in [0.25, 0.3) is 0 Å². The van der Waals surface area contributed by atoms with Crippen LogP contribution in [0.15, 0.2) is 48.5 Å². The predicted molar refractivity (Wildman–Crippen MR) is 79.4 cm³/mol. The van der Waals surface area contributed by atoms with Crippen molar-refractivity contribution in [1.29, 1.82) is 0 Å². The molecule has 2 aromatic carbocycles. The van der Waals surface area contributed by atoms with Gasteiger partial charge in [0.2, 0.25) is 0 Å². The first-order chi connectivity index (χ1) is 9.74. The molecule has 0 aliphatic heterocycles. The van der Waals surface area contributed by atoms with E-state index < -0.39 is 0 Å². The second-order valence-electron chi connectivity index (χ2n) is 4.41. The summed E-state index contributed by atoms with van der Waals surface area (Å²) in [7, 11) is 0. The fourth-order valence-corrected chi connectivity index (χ4v) is 2.01. The number of rotatable bonds is 6. The van der Waals surface area contributed by atoms with Crippen LogP contribution in [-0.2, 0) is 0 Å². The van der Waals surface area contributed by atoms with Crippen molar-refractivity contribution >= 4 is 5.69 Å². The molecule has 20 heavy (non-hydrogen) atoms. The highest BCUT2D eigenvalue weighted by atomic mass is 19.1. The van der Waals surface area contributed by atoms with Crippen molar-refractivity contribution in [1.82, 2.24) is 0 Å². The van der Waals surface area contributed by atoms with Crippen molar-refractivity contribution < 1.29 is 9.13 Å². The first kappa shape index (κ1) is 14.3. The lowest BCUT2D eigenvalue weighted by Crippen LogP contribution is -2.21. The molecule has 0 spiro atoms. The molecule has 4 heteroatoms. The van der Waals surface area contributed by atoms with Gasteiger partial charge in [0.15, 0.2) is 0 Å². The average Bonchev–Trinajstić information content (AvgIpc) is 2.48. The molecule has 3 nitrogen and oxygen atoms in total. The number of nitrogens with two attached hydrogens (primary N) is 1. The maximum Gasteiger partial charge on any atom is 0.146 e. The fourth-order valence-electron chi connectivity index (χ4n) is 2.01. The zero-order valence-electron chi connectivity index (χ0n) is 11.5. The summed E-state index contributed by atoms with van der Waals surface area (Å²) < 4.78 is 19.0. The zero-order chi connectivity index (χ0) is 14.4. The Kier molecular flexibility index (Phi) is 4.96. The summed E-state index contributed by atoms with van der Waals surface area (Å²) in [6, 6.07) is 14.1. The van der Waals surface area contributed by atoms with Gasteiger partial charge in [-0.25, -0.2) is 4.39 Å². The van der Waals surface area contributed by atoms with E-state index in [-0.39, 0.29) is 11.9 Å². The van der Waals surface area contributed by atoms with Gasteiger partial charge in [-0.3, -0.25) is 0 Å². The molecule has 2 rings (SSSR count). The van der Waals surface area contributed by atoms with Crippen LogP contribution in [0.3, 0.4) is 0 Å². The molecule has 0 saturated heterocycles. The lowest BCUT2D eigenvalue weighted by atomic mass is 10.1. The maximum atomic E-state index is 13.6. The summed E-state index contributed by atoms with van der Waals surface area (Å²) in [4.78, 5) is 0. The SMILES string of the molecule is CCOc1ccc(C(CN)Nc2ccccc2F)cc1. The molecule has 1 unspecified atom stereocenters. The topological polar surface area (TPSA) is 47.3 Å². The quantitative estimate of drug-likeness (QED) is 0.849. The summed E-state index contributed by atoms with van der Waals surface area (Å²) in [6.07, 6.45) is 0. The number of hydrogen-bond acceptors (Lipinski definition) is 3. The minimum absolute atomic E-state index is 0.137. The van der Waals surface area contributed by atoms with Crippen molar-refractivity contribution in [3.05, 3.63) is 59.9 Å². The third-order valence-electron chi connectivity index (χ3n) is 3.03. The van der Waals surface area contributed by atoms with Gasteiger partial charge in [-0.15, -0.1) is 0 Å². The van der Waals surface area contributed by atoms with Crippen molar-refractivity contribution in [3.8, 4) is 5.75 Å². The summed E-state index contributed by atoms with van der Waals surface area (Å²) in [5.74, 6) is 0.537. The molecular formula is C16H19FN2O. The van der Waals surface area contributed by atoms with Crippen LogP contribution < -0.4 is 15.8 Å². The summed E-state index contributed by atoms with van der Waals surface area (Å²) in [6.45, 7) is 2.95. The lowest BCUT2D eigenvalue weighted by molar-refractivity contribution is 0.340. The second-order valence-corrected chi connectivity index (χ2v) is 4.41. The number of hydrogen-bond donors (Lipinski definition) is 2. The Morgan fingerprint density at radius 3 is 2.45 bits per heavy atom. The molecule has 0 aliphatic carbocycles. The van der Waals surface area contributed by atoms with Crippen LogP contribution >= 0.6 is 0 Å². The van der Waals surface area contributed by atoms with Gasteiger partial charge in [-0.2, -0.15) is 0 Å². The predicted octanol–water partition coefficient (Wildman–Crippen LogP) is 3.34. The van der Waals surface area contributed by atoms with Crippen molar-refractivity contribution in [3.63, 3.8) is 0 Å². The monoisotopic (exact) mass is 274 g/mol. The Morgan fingerprint density at radius 1 is 1.15 bits per heavy atom. The maximum absolute atomic E-state index is 13.6.